The molecule has 1 fully saturated rings. The van der Waals surface area contributed by atoms with Gasteiger partial charge in [0.05, 0.1) is 10.0 Å². The summed E-state index contributed by atoms with van der Waals surface area (Å²) in [5, 5.41) is 0.999. The van der Waals surface area contributed by atoms with Gasteiger partial charge < -0.3 is 4.74 Å². The number of carbonyl (C=O) groups excluding carboxylic acids is 1. The highest BCUT2D eigenvalue weighted by atomic mass is 35.5. The second-order valence-electron chi connectivity index (χ2n) is 4.24. The van der Waals surface area contributed by atoms with Gasteiger partial charge in [0.2, 0.25) is 0 Å². The van der Waals surface area contributed by atoms with Crippen LogP contribution in [0.5, 0.6) is 0 Å². The second-order valence-corrected chi connectivity index (χ2v) is 5.03. The van der Waals surface area contributed by atoms with Gasteiger partial charge in [-0.3, -0.25) is 4.79 Å². The lowest BCUT2D eigenvalue weighted by molar-refractivity contribution is -0.125. The van der Waals surface area contributed by atoms with E-state index in [-0.39, 0.29) is 11.7 Å². The quantitative estimate of drug-likeness (QED) is 0.842. The normalized spacial score (nSPS) is 17.1. The van der Waals surface area contributed by atoms with Crippen molar-refractivity contribution in [2.75, 3.05) is 13.2 Å². The number of Topliss-reactive ketones (excluding diaryl/α,β-unsaturated/α-hetero) is 1. The fourth-order valence-electron chi connectivity index (χ4n) is 2.04. The third-order valence-corrected chi connectivity index (χ3v) is 3.93. The van der Waals surface area contributed by atoms with Gasteiger partial charge in [-0.25, -0.2) is 0 Å². The number of ether oxygens (including phenoxy) is 1. The molecule has 92 valence electrons. The average molecular weight is 273 g/mol. The molecule has 0 radical (unpaired) electrons. The van der Waals surface area contributed by atoms with Crippen LogP contribution < -0.4 is 0 Å². The first-order chi connectivity index (χ1) is 8.18. The molecule has 0 bridgehead atoms. The summed E-state index contributed by atoms with van der Waals surface area (Å²) in [5.41, 5.74) is 0.815. The SMILES string of the molecule is O=C(Cc1cccc(Cl)c1Cl)C1CCOCC1. The van der Waals surface area contributed by atoms with Crippen LogP contribution in [0.25, 0.3) is 0 Å². The molecule has 0 aliphatic carbocycles. The van der Waals surface area contributed by atoms with Crippen LogP contribution in [-0.2, 0) is 16.0 Å². The standard InChI is InChI=1S/C13H14Cl2O2/c14-11-3-1-2-10(13(11)15)8-12(16)9-4-6-17-7-5-9/h1-3,9H,4-8H2. The molecule has 0 N–H and O–H groups in total. The van der Waals surface area contributed by atoms with Crippen LogP contribution >= 0.6 is 23.2 Å². The van der Waals surface area contributed by atoms with E-state index in [1.165, 1.54) is 0 Å². The predicted octanol–water partition coefficient (Wildman–Crippen LogP) is 3.53. The molecule has 1 saturated heterocycles. The molecule has 17 heavy (non-hydrogen) atoms. The van der Waals surface area contributed by atoms with Gasteiger partial charge in [0, 0.05) is 25.6 Å². The molecule has 1 heterocycles. The topological polar surface area (TPSA) is 26.3 Å². The summed E-state index contributed by atoms with van der Waals surface area (Å²) in [6.07, 6.45) is 2.00. The Kier molecular flexibility index (Phi) is 4.43. The van der Waals surface area contributed by atoms with E-state index in [0.717, 1.165) is 18.4 Å². The van der Waals surface area contributed by atoms with Gasteiger partial charge in [0.1, 0.15) is 5.78 Å². The van der Waals surface area contributed by atoms with Crippen LogP contribution in [0.1, 0.15) is 18.4 Å². The molecule has 0 amide bonds. The number of rotatable bonds is 3. The van der Waals surface area contributed by atoms with Crippen molar-refractivity contribution in [3.8, 4) is 0 Å². The zero-order chi connectivity index (χ0) is 12.3. The van der Waals surface area contributed by atoms with Gasteiger partial charge in [-0.1, -0.05) is 35.3 Å². The van der Waals surface area contributed by atoms with E-state index in [1.807, 2.05) is 12.1 Å². The van der Waals surface area contributed by atoms with Gasteiger partial charge in [0.25, 0.3) is 0 Å². The Balaban J connectivity index is 2.04. The van der Waals surface area contributed by atoms with Crippen molar-refractivity contribution in [1.82, 2.24) is 0 Å². The van der Waals surface area contributed by atoms with Gasteiger partial charge in [-0.2, -0.15) is 0 Å². The van der Waals surface area contributed by atoms with Crippen LogP contribution in [0.2, 0.25) is 10.0 Å². The predicted molar refractivity (Wildman–Crippen MR) is 68.7 cm³/mol. The summed E-state index contributed by atoms with van der Waals surface area (Å²) in [7, 11) is 0. The van der Waals surface area contributed by atoms with E-state index in [0.29, 0.717) is 29.7 Å². The van der Waals surface area contributed by atoms with E-state index in [4.69, 9.17) is 27.9 Å². The Morgan fingerprint density at radius 1 is 1.29 bits per heavy atom. The minimum Gasteiger partial charge on any atom is -0.381 e. The van der Waals surface area contributed by atoms with Crippen LogP contribution in [0.15, 0.2) is 18.2 Å². The Labute approximate surface area is 111 Å². The zero-order valence-corrected chi connectivity index (χ0v) is 10.9. The van der Waals surface area contributed by atoms with Crippen molar-refractivity contribution >= 4 is 29.0 Å². The minimum absolute atomic E-state index is 0.110. The molecule has 2 rings (SSSR count). The summed E-state index contributed by atoms with van der Waals surface area (Å²) in [6.45, 7) is 1.36. The third kappa shape index (κ3) is 3.21. The molecular weight excluding hydrogens is 259 g/mol. The first-order valence-corrected chi connectivity index (χ1v) is 6.47. The summed E-state index contributed by atoms with van der Waals surface area (Å²) in [6, 6.07) is 5.40. The highest BCUT2D eigenvalue weighted by Crippen LogP contribution is 2.27. The van der Waals surface area contributed by atoms with Crippen molar-refractivity contribution in [2.24, 2.45) is 5.92 Å². The van der Waals surface area contributed by atoms with Crippen molar-refractivity contribution in [1.29, 1.82) is 0 Å². The Bertz CT molecular complexity index is 412. The van der Waals surface area contributed by atoms with Crippen molar-refractivity contribution < 1.29 is 9.53 Å². The number of carbonyl (C=O) groups is 1. The molecule has 0 saturated carbocycles. The van der Waals surface area contributed by atoms with Crippen LogP contribution in [0.3, 0.4) is 0 Å². The van der Waals surface area contributed by atoms with Gasteiger partial charge in [-0.05, 0) is 24.5 Å². The molecule has 0 atom stereocenters. The number of halogens is 2. The maximum absolute atomic E-state index is 12.1. The van der Waals surface area contributed by atoms with Gasteiger partial charge in [0.15, 0.2) is 0 Å². The molecule has 4 heteroatoms. The first-order valence-electron chi connectivity index (χ1n) is 5.72. The lowest BCUT2D eigenvalue weighted by atomic mass is 9.91. The summed E-state index contributed by atoms with van der Waals surface area (Å²) >= 11 is 12.0. The monoisotopic (exact) mass is 272 g/mol. The second kappa shape index (κ2) is 5.85. The van der Waals surface area contributed by atoms with Crippen LogP contribution in [0.4, 0.5) is 0 Å². The summed E-state index contributed by atoms with van der Waals surface area (Å²) < 4.78 is 5.24. The highest BCUT2D eigenvalue weighted by molar-refractivity contribution is 6.42. The first kappa shape index (κ1) is 12.9. The van der Waals surface area contributed by atoms with E-state index in [9.17, 15) is 4.79 Å². The maximum Gasteiger partial charge on any atom is 0.140 e. The number of ketones is 1. The van der Waals surface area contributed by atoms with Crippen molar-refractivity contribution in [2.45, 2.75) is 19.3 Å². The van der Waals surface area contributed by atoms with E-state index < -0.39 is 0 Å². The molecule has 0 aromatic heterocycles. The number of benzene rings is 1. The molecule has 0 unspecified atom stereocenters. The maximum atomic E-state index is 12.1. The van der Waals surface area contributed by atoms with Crippen molar-refractivity contribution in [3.05, 3.63) is 33.8 Å². The lowest BCUT2D eigenvalue weighted by Gasteiger charge is -2.21. The fourth-order valence-corrected chi connectivity index (χ4v) is 2.42. The number of hydrogen-bond acceptors (Lipinski definition) is 2. The smallest absolute Gasteiger partial charge is 0.140 e. The lowest BCUT2D eigenvalue weighted by Crippen LogP contribution is -2.24. The average Bonchev–Trinajstić information content (AvgIpc) is 2.36. The van der Waals surface area contributed by atoms with E-state index in [1.54, 1.807) is 6.07 Å². The van der Waals surface area contributed by atoms with Gasteiger partial charge >= 0.3 is 0 Å². The fraction of sp³-hybridized carbons (Fsp3) is 0.462. The summed E-state index contributed by atoms with van der Waals surface area (Å²) in [4.78, 5) is 12.1. The third-order valence-electron chi connectivity index (χ3n) is 3.07. The van der Waals surface area contributed by atoms with Crippen molar-refractivity contribution in [3.63, 3.8) is 0 Å². The Hall–Kier alpha value is -0.570. The van der Waals surface area contributed by atoms with Gasteiger partial charge in [-0.15, -0.1) is 0 Å². The molecule has 0 spiro atoms. The molecular formula is C13H14Cl2O2. The Morgan fingerprint density at radius 2 is 2.00 bits per heavy atom. The largest absolute Gasteiger partial charge is 0.381 e. The highest BCUT2D eigenvalue weighted by Gasteiger charge is 2.22. The summed E-state index contributed by atoms with van der Waals surface area (Å²) in [5.74, 6) is 0.344. The Morgan fingerprint density at radius 3 is 2.71 bits per heavy atom. The van der Waals surface area contributed by atoms with E-state index >= 15 is 0 Å². The molecule has 1 aliphatic heterocycles. The molecule has 1 aromatic carbocycles. The molecule has 2 nitrogen and oxygen atoms in total. The van der Waals surface area contributed by atoms with Crippen LogP contribution in [0, 0.1) is 5.92 Å². The molecule has 1 aromatic rings. The molecule has 1 aliphatic rings. The van der Waals surface area contributed by atoms with Crippen LogP contribution in [-0.4, -0.2) is 19.0 Å². The number of hydrogen-bond donors (Lipinski definition) is 0. The van der Waals surface area contributed by atoms with E-state index in [2.05, 4.69) is 0 Å². The minimum atomic E-state index is 0.110. The zero-order valence-electron chi connectivity index (χ0n) is 9.42.